The number of hydrogen-bond donors (Lipinski definition) is 1. The van der Waals surface area contributed by atoms with Gasteiger partial charge in [-0.1, -0.05) is 30.3 Å². The number of ether oxygens (including phenoxy) is 1. The summed E-state index contributed by atoms with van der Waals surface area (Å²) in [7, 11) is 1.73. The van der Waals surface area contributed by atoms with Gasteiger partial charge in [-0.15, -0.1) is 0 Å². The molecule has 2 fully saturated rings. The summed E-state index contributed by atoms with van der Waals surface area (Å²) < 4.78 is 5.44. The van der Waals surface area contributed by atoms with Crippen LogP contribution in [0.5, 0.6) is 0 Å². The number of imide groups is 1. The Morgan fingerprint density at radius 3 is 2.45 bits per heavy atom. The first-order valence-electron chi connectivity index (χ1n) is 7.55. The van der Waals surface area contributed by atoms with Gasteiger partial charge in [0.1, 0.15) is 5.54 Å². The average Bonchev–Trinajstić information content (AvgIpc) is 2.55. The van der Waals surface area contributed by atoms with Gasteiger partial charge in [-0.3, -0.25) is 15.0 Å². The molecule has 3 amide bonds. The van der Waals surface area contributed by atoms with Gasteiger partial charge < -0.3 is 9.64 Å². The maximum Gasteiger partial charge on any atom is 0.324 e. The van der Waals surface area contributed by atoms with Gasteiger partial charge >= 0.3 is 6.03 Å². The quantitative estimate of drug-likeness (QED) is 0.877. The maximum absolute atomic E-state index is 12.9. The number of carbonyl (C=O) groups excluding carboxylic acids is 2. The molecule has 1 aromatic carbocycles. The Morgan fingerprint density at radius 2 is 1.82 bits per heavy atom. The molecule has 2 unspecified atom stereocenters. The number of rotatable bonds is 2. The molecule has 2 aliphatic heterocycles. The van der Waals surface area contributed by atoms with Crippen LogP contribution in [0, 0.1) is 0 Å². The highest BCUT2D eigenvalue weighted by Crippen LogP contribution is 2.37. The van der Waals surface area contributed by atoms with E-state index in [4.69, 9.17) is 4.74 Å². The monoisotopic (exact) mass is 303 g/mol. The second-order valence-electron chi connectivity index (χ2n) is 5.78. The summed E-state index contributed by atoms with van der Waals surface area (Å²) in [4.78, 5) is 28.6. The second kappa shape index (κ2) is 5.70. The standard InChI is InChI=1S/C16H21N3O3/c1-12-16(13-6-4-3-5-7-13,19-8-10-22-11-9-19)14(20)17-15(21)18(12)2/h3-7,12H,8-11H2,1-2H3,(H,17,20,21). The molecule has 118 valence electrons. The van der Waals surface area contributed by atoms with Crippen LogP contribution in [-0.4, -0.2) is 61.1 Å². The summed E-state index contributed by atoms with van der Waals surface area (Å²) in [5, 5.41) is 2.51. The molecule has 1 N–H and O–H groups in total. The minimum atomic E-state index is -0.881. The smallest absolute Gasteiger partial charge is 0.324 e. The third-order valence-corrected chi connectivity index (χ3v) is 4.80. The summed E-state index contributed by atoms with van der Waals surface area (Å²) in [5.74, 6) is -0.254. The van der Waals surface area contributed by atoms with Gasteiger partial charge in [0.05, 0.1) is 19.3 Å². The van der Waals surface area contributed by atoms with Crippen LogP contribution in [0.15, 0.2) is 30.3 Å². The number of nitrogens with one attached hydrogen (secondary N) is 1. The summed E-state index contributed by atoms with van der Waals surface area (Å²) in [5.41, 5.74) is 0.0227. The van der Waals surface area contributed by atoms with Crippen LogP contribution in [0.4, 0.5) is 4.79 Å². The normalized spacial score (nSPS) is 30.3. The largest absolute Gasteiger partial charge is 0.379 e. The van der Waals surface area contributed by atoms with Crippen molar-refractivity contribution in [2.24, 2.45) is 0 Å². The van der Waals surface area contributed by atoms with Crippen molar-refractivity contribution in [1.82, 2.24) is 15.1 Å². The number of likely N-dealkylation sites (N-methyl/N-ethyl adjacent to an activating group) is 1. The lowest BCUT2D eigenvalue weighted by molar-refractivity contribution is -0.145. The van der Waals surface area contributed by atoms with Crippen molar-refractivity contribution in [3.8, 4) is 0 Å². The Bertz CT molecular complexity index is 571. The average molecular weight is 303 g/mol. The SMILES string of the molecule is CC1N(C)C(=O)NC(=O)C1(c1ccccc1)N1CCOCC1. The minimum absolute atomic E-state index is 0.254. The van der Waals surface area contributed by atoms with Gasteiger partial charge in [0.15, 0.2) is 0 Å². The van der Waals surface area contributed by atoms with Gasteiger partial charge in [-0.05, 0) is 12.5 Å². The van der Waals surface area contributed by atoms with Gasteiger partial charge in [-0.25, -0.2) is 4.79 Å². The predicted octanol–water partition coefficient (Wildman–Crippen LogP) is 0.784. The van der Waals surface area contributed by atoms with Crippen LogP contribution in [0.3, 0.4) is 0 Å². The number of benzene rings is 1. The Labute approximate surface area is 130 Å². The van der Waals surface area contributed by atoms with Crippen molar-refractivity contribution in [2.75, 3.05) is 33.4 Å². The molecule has 1 aromatic rings. The van der Waals surface area contributed by atoms with Crippen molar-refractivity contribution < 1.29 is 14.3 Å². The van der Waals surface area contributed by atoms with E-state index in [0.29, 0.717) is 26.3 Å². The third-order valence-electron chi connectivity index (χ3n) is 4.80. The molecular weight excluding hydrogens is 282 g/mol. The Morgan fingerprint density at radius 1 is 1.18 bits per heavy atom. The first-order valence-corrected chi connectivity index (χ1v) is 7.55. The number of urea groups is 1. The van der Waals surface area contributed by atoms with Gasteiger partial charge in [-0.2, -0.15) is 0 Å². The molecule has 2 atom stereocenters. The van der Waals surface area contributed by atoms with E-state index in [9.17, 15) is 9.59 Å². The predicted molar refractivity (Wildman–Crippen MR) is 81.3 cm³/mol. The summed E-state index contributed by atoms with van der Waals surface area (Å²) in [6, 6.07) is 9.06. The fourth-order valence-corrected chi connectivity index (χ4v) is 3.50. The highest BCUT2D eigenvalue weighted by molar-refractivity contribution is 6.03. The van der Waals surface area contributed by atoms with Crippen LogP contribution < -0.4 is 5.32 Å². The summed E-state index contributed by atoms with van der Waals surface area (Å²) in [6.45, 7) is 4.43. The first-order chi connectivity index (χ1) is 10.6. The lowest BCUT2D eigenvalue weighted by Crippen LogP contribution is -2.73. The number of amides is 3. The molecule has 2 saturated heterocycles. The van der Waals surface area contributed by atoms with Gasteiger partial charge in [0.2, 0.25) is 0 Å². The van der Waals surface area contributed by atoms with Crippen LogP contribution in [0.25, 0.3) is 0 Å². The lowest BCUT2D eigenvalue weighted by atomic mass is 9.78. The number of carbonyl (C=O) groups is 2. The lowest BCUT2D eigenvalue weighted by Gasteiger charge is -2.52. The van der Waals surface area contributed by atoms with Crippen LogP contribution in [-0.2, 0) is 15.1 Å². The van der Waals surface area contributed by atoms with Crippen molar-refractivity contribution in [3.05, 3.63) is 35.9 Å². The molecule has 6 nitrogen and oxygen atoms in total. The molecule has 6 heteroatoms. The van der Waals surface area contributed by atoms with Gasteiger partial charge in [0.25, 0.3) is 5.91 Å². The highest BCUT2D eigenvalue weighted by Gasteiger charge is 2.55. The summed E-state index contributed by atoms with van der Waals surface area (Å²) in [6.07, 6.45) is 0. The third kappa shape index (κ3) is 2.10. The Balaban J connectivity index is 2.13. The maximum atomic E-state index is 12.9. The van der Waals surface area contributed by atoms with Crippen molar-refractivity contribution >= 4 is 11.9 Å². The zero-order chi connectivity index (χ0) is 15.7. The van der Waals surface area contributed by atoms with E-state index >= 15 is 0 Å². The fraction of sp³-hybridized carbons (Fsp3) is 0.500. The van der Waals surface area contributed by atoms with Gasteiger partial charge in [0, 0.05) is 20.1 Å². The molecule has 0 spiro atoms. The molecule has 0 aliphatic carbocycles. The van der Waals surface area contributed by atoms with Crippen LogP contribution >= 0.6 is 0 Å². The molecule has 0 aromatic heterocycles. The van der Waals surface area contributed by atoms with Crippen molar-refractivity contribution in [2.45, 2.75) is 18.5 Å². The van der Waals surface area contributed by atoms with Crippen LogP contribution in [0.2, 0.25) is 0 Å². The van der Waals surface area contributed by atoms with E-state index in [1.165, 1.54) is 0 Å². The topological polar surface area (TPSA) is 61.9 Å². The molecule has 0 radical (unpaired) electrons. The zero-order valence-corrected chi connectivity index (χ0v) is 12.9. The van der Waals surface area contributed by atoms with E-state index in [0.717, 1.165) is 5.56 Å². The van der Waals surface area contributed by atoms with E-state index in [1.807, 2.05) is 37.3 Å². The second-order valence-corrected chi connectivity index (χ2v) is 5.78. The number of nitrogens with zero attached hydrogens (tertiary/aromatic N) is 2. The molecule has 2 aliphatic rings. The minimum Gasteiger partial charge on any atom is -0.379 e. The molecule has 0 saturated carbocycles. The van der Waals surface area contributed by atoms with E-state index < -0.39 is 5.54 Å². The molecule has 2 heterocycles. The molecule has 0 bridgehead atoms. The zero-order valence-electron chi connectivity index (χ0n) is 12.9. The van der Waals surface area contributed by atoms with Crippen molar-refractivity contribution in [3.63, 3.8) is 0 Å². The van der Waals surface area contributed by atoms with E-state index in [-0.39, 0.29) is 18.0 Å². The highest BCUT2D eigenvalue weighted by atomic mass is 16.5. The number of hydrogen-bond acceptors (Lipinski definition) is 4. The summed E-state index contributed by atoms with van der Waals surface area (Å²) >= 11 is 0. The molecular formula is C16H21N3O3. The van der Waals surface area contributed by atoms with Crippen LogP contribution in [0.1, 0.15) is 12.5 Å². The molecule has 22 heavy (non-hydrogen) atoms. The Hall–Kier alpha value is -1.92. The van der Waals surface area contributed by atoms with E-state index in [2.05, 4.69) is 10.2 Å². The number of morpholine rings is 1. The fourth-order valence-electron chi connectivity index (χ4n) is 3.50. The Kier molecular flexibility index (Phi) is 3.88. The van der Waals surface area contributed by atoms with Crippen molar-refractivity contribution in [1.29, 1.82) is 0 Å². The first kappa shape index (κ1) is 15.0. The van der Waals surface area contributed by atoms with E-state index in [1.54, 1.807) is 11.9 Å². The molecule has 3 rings (SSSR count).